The van der Waals surface area contributed by atoms with E-state index in [1.165, 1.54) is 20.1 Å². The quantitative estimate of drug-likeness (QED) is 0.697. The lowest BCUT2D eigenvalue weighted by molar-refractivity contribution is -0.139. The Labute approximate surface area is 126 Å². The third kappa shape index (κ3) is 5.13. The lowest BCUT2D eigenvalue weighted by Gasteiger charge is -2.15. The molecule has 1 rings (SSSR count). The van der Waals surface area contributed by atoms with Gasteiger partial charge in [-0.3, -0.25) is 9.59 Å². The zero-order chi connectivity index (χ0) is 16.7. The molecule has 1 aromatic carbocycles. The van der Waals surface area contributed by atoms with Crippen molar-refractivity contribution in [1.29, 1.82) is 0 Å². The fraction of sp³-hybridized carbons (Fsp3) is 0.357. The first kappa shape index (κ1) is 17.6. The number of nitrogens with one attached hydrogen (secondary N) is 2. The third-order valence-electron chi connectivity index (χ3n) is 2.75. The average Bonchev–Trinajstić information content (AvgIpc) is 2.44. The molecule has 1 atom stereocenters. The molecule has 0 saturated carbocycles. The Hall–Kier alpha value is -2.48. The molecule has 0 saturated heterocycles. The van der Waals surface area contributed by atoms with Gasteiger partial charge in [0, 0.05) is 32.7 Å². The van der Waals surface area contributed by atoms with Gasteiger partial charge in [-0.1, -0.05) is 0 Å². The monoisotopic (exact) mass is 312 g/mol. The minimum Gasteiger partial charge on any atom is -0.480 e. The first-order chi connectivity index (χ1) is 10.3. The number of benzene rings is 1. The number of hydrogen-bond acceptors (Lipinski definition) is 4. The van der Waals surface area contributed by atoms with Crippen molar-refractivity contribution >= 4 is 23.5 Å². The van der Waals surface area contributed by atoms with E-state index in [2.05, 4.69) is 10.6 Å². The van der Waals surface area contributed by atoms with Crippen molar-refractivity contribution < 1.29 is 28.6 Å². The topological polar surface area (TPSA) is 105 Å². The highest BCUT2D eigenvalue weighted by molar-refractivity contribution is 5.98. The second-order valence-corrected chi connectivity index (χ2v) is 4.52. The van der Waals surface area contributed by atoms with Crippen molar-refractivity contribution in [2.45, 2.75) is 19.4 Å². The zero-order valence-corrected chi connectivity index (χ0v) is 12.2. The molecular weight excluding hydrogens is 295 g/mol. The molecule has 1 aromatic rings. The standard InChI is InChI=1S/C14H17FN2O5/c1-8(18)16-9-3-4-11(15)10(7-9)13(19)17-12(14(20)21)5-6-22-2/h3-4,7,12H,5-6H2,1-2H3,(H,16,18)(H,17,19)(H,20,21). The summed E-state index contributed by atoms with van der Waals surface area (Å²) in [6, 6.07) is 2.26. The van der Waals surface area contributed by atoms with Gasteiger partial charge in [0.2, 0.25) is 5.91 Å². The van der Waals surface area contributed by atoms with Crippen LogP contribution in [0, 0.1) is 5.82 Å². The van der Waals surface area contributed by atoms with Crippen LogP contribution in [-0.2, 0) is 14.3 Å². The molecule has 1 unspecified atom stereocenters. The summed E-state index contributed by atoms with van der Waals surface area (Å²) in [4.78, 5) is 34.0. The summed E-state index contributed by atoms with van der Waals surface area (Å²) >= 11 is 0. The predicted molar refractivity (Wildman–Crippen MR) is 76.1 cm³/mol. The molecule has 22 heavy (non-hydrogen) atoms. The van der Waals surface area contributed by atoms with Crippen molar-refractivity contribution in [1.82, 2.24) is 5.32 Å². The highest BCUT2D eigenvalue weighted by atomic mass is 19.1. The lowest BCUT2D eigenvalue weighted by atomic mass is 10.1. The molecule has 8 heteroatoms. The number of ether oxygens (including phenoxy) is 1. The molecule has 0 radical (unpaired) electrons. The van der Waals surface area contributed by atoms with E-state index in [1.807, 2.05) is 0 Å². The maximum absolute atomic E-state index is 13.7. The molecule has 3 N–H and O–H groups in total. The number of carboxylic acids is 1. The largest absolute Gasteiger partial charge is 0.480 e. The number of carbonyl (C=O) groups excluding carboxylic acids is 2. The summed E-state index contributed by atoms with van der Waals surface area (Å²) in [5.41, 5.74) is -0.113. The first-order valence-electron chi connectivity index (χ1n) is 6.45. The number of rotatable bonds is 7. The molecule has 0 aliphatic rings. The van der Waals surface area contributed by atoms with Crippen LogP contribution in [0.1, 0.15) is 23.7 Å². The number of carboxylic acid groups (broad SMARTS) is 1. The van der Waals surface area contributed by atoms with Crippen LogP contribution in [0.5, 0.6) is 0 Å². The van der Waals surface area contributed by atoms with E-state index in [1.54, 1.807) is 0 Å². The van der Waals surface area contributed by atoms with Gasteiger partial charge < -0.3 is 20.5 Å². The SMILES string of the molecule is COCCC(NC(=O)c1cc(NC(C)=O)ccc1F)C(=O)O. The first-order valence-corrected chi connectivity index (χ1v) is 6.45. The second kappa shape index (κ2) is 8.08. The third-order valence-corrected chi connectivity index (χ3v) is 2.75. The van der Waals surface area contributed by atoms with E-state index >= 15 is 0 Å². The van der Waals surface area contributed by atoms with Gasteiger partial charge in [0.1, 0.15) is 11.9 Å². The van der Waals surface area contributed by atoms with Crippen molar-refractivity contribution in [3.05, 3.63) is 29.6 Å². The lowest BCUT2D eigenvalue weighted by Crippen LogP contribution is -2.41. The van der Waals surface area contributed by atoms with Crippen LogP contribution in [0.4, 0.5) is 10.1 Å². The van der Waals surface area contributed by atoms with Gasteiger partial charge in [0.05, 0.1) is 5.56 Å². The number of amides is 2. The molecule has 0 heterocycles. The van der Waals surface area contributed by atoms with Gasteiger partial charge in [-0.25, -0.2) is 9.18 Å². The molecule has 0 bridgehead atoms. The molecule has 0 spiro atoms. The number of aliphatic carboxylic acids is 1. The van der Waals surface area contributed by atoms with Gasteiger partial charge in [0.25, 0.3) is 5.91 Å². The number of hydrogen-bond donors (Lipinski definition) is 3. The second-order valence-electron chi connectivity index (χ2n) is 4.52. The molecule has 2 amide bonds. The summed E-state index contributed by atoms with van der Waals surface area (Å²) in [6.07, 6.45) is 0.0462. The Morgan fingerprint density at radius 3 is 2.59 bits per heavy atom. The molecule has 120 valence electrons. The molecule has 0 fully saturated rings. The van der Waals surface area contributed by atoms with Gasteiger partial charge in [-0.15, -0.1) is 0 Å². The number of methoxy groups -OCH3 is 1. The number of carbonyl (C=O) groups is 3. The summed E-state index contributed by atoms with van der Waals surface area (Å²) in [5.74, 6) is -3.32. The highest BCUT2D eigenvalue weighted by Gasteiger charge is 2.22. The van der Waals surface area contributed by atoms with E-state index in [-0.39, 0.29) is 30.2 Å². The van der Waals surface area contributed by atoms with E-state index in [4.69, 9.17) is 9.84 Å². The predicted octanol–water partition coefficient (Wildman–Crippen LogP) is 1.00. The van der Waals surface area contributed by atoms with E-state index < -0.39 is 23.7 Å². The summed E-state index contributed by atoms with van der Waals surface area (Å²) in [7, 11) is 1.40. The van der Waals surface area contributed by atoms with Crippen molar-refractivity contribution in [3.63, 3.8) is 0 Å². The Morgan fingerprint density at radius 1 is 1.36 bits per heavy atom. The summed E-state index contributed by atoms with van der Waals surface area (Å²) in [5, 5.41) is 13.7. The van der Waals surface area contributed by atoms with Crippen molar-refractivity contribution in [3.8, 4) is 0 Å². The Balaban J connectivity index is 2.91. The van der Waals surface area contributed by atoms with Crippen LogP contribution in [0.3, 0.4) is 0 Å². The van der Waals surface area contributed by atoms with E-state index in [0.717, 1.165) is 12.1 Å². The van der Waals surface area contributed by atoms with Crippen LogP contribution < -0.4 is 10.6 Å². The van der Waals surface area contributed by atoms with E-state index in [9.17, 15) is 18.8 Å². The van der Waals surface area contributed by atoms with Crippen LogP contribution in [0.2, 0.25) is 0 Å². The van der Waals surface area contributed by atoms with Crippen molar-refractivity contribution in [2.75, 3.05) is 19.0 Å². The number of halogens is 1. The van der Waals surface area contributed by atoms with Crippen LogP contribution in [0.15, 0.2) is 18.2 Å². The summed E-state index contributed by atoms with van der Waals surface area (Å²) < 4.78 is 18.5. The minimum atomic E-state index is -1.25. The molecule has 0 aromatic heterocycles. The number of anilines is 1. The normalized spacial score (nSPS) is 11.6. The zero-order valence-electron chi connectivity index (χ0n) is 12.2. The minimum absolute atomic E-state index is 0.0462. The van der Waals surface area contributed by atoms with Crippen LogP contribution in [-0.4, -0.2) is 42.6 Å². The van der Waals surface area contributed by atoms with Crippen LogP contribution >= 0.6 is 0 Å². The van der Waals surface area contributed by atoms with E-state index in [0.29, 0.717) is 0 Å². The van der Waals surface area contributed by atoms with Crippen molar-refractivity contribution in [2.24, 2.45) is 0 Å². The molecular formula is C14H17FN2O5. The summed E-state index contributed by atoms with van der Waals surface area (Å²) in [6.45, 7) is 1.40. The maximum Gasteiger partial charge on any atom is 0.326 e. The molecule has 0 aliphatic carbocycles. The Kier molecular flexibility index (Phi) is 6.46. The maximum atomic E-state index is 13.7. The Bertz CT molecular complexity index is 576. The molecule has 7 nitrogen and oxygen atoms in total. The van der Waals surface area contributed by atoms with Gasteiger partial charge >= 0.3 is 5.97 Å². The average molecular weight is 312 g/mol. The smallest absolute Gasteiger partial charge is 0.326 e. The highest BCUT2D eigenvalue weighted by Crippen LogP contribution is 2.15. The fourth-order valence-electron chi connectivity index (χ4n) is 1.71. The molecule has 0 aliphatic heterocycles. The fourth-order valence-corrected chi connectivity index (χ4v) is 1.71. The van der Waals surface area contributed by atoms with Gasteiger partial charge in [0.15, 0.2) is 0 Å². The van der Waals surface area contributed by atoms with Crippen LogP contribution in [0.25, 0.3) is 0 Å². The van der Waals surface area contributed by atoms with Gasteiger partial charge in [-0.2, -0.15) is 0 Å². The van der Waals surface area contributed by atoms with Gasteiger partial charge in [-0.05, 0) is 18.2 Å². The Morgan fingerprint density at radius 2 is 2.05 bits per heavy atom.